The lowest BCUT2D eigenvalue weighted by Crippen LogP contribution is -2.44. The maximum Gasteiger partial charge on any atom is 0.309 e. The first-order valence-corrected chi connectivity index (χ1v) is 9.84. The van der Waals surface area contributed by atoms with Crippen molar-refractivity contribution in [1.29, 1.82) is 0 Å². The summed E-state index contributed by atoms with van der Waals surface area (Å²) in [5.41, 5.74) is 2.73. The molecule has 1 aliphatic heterocycles. The summed E-state index contributed by atoms with van der Waals surface area (Å²) < 4.78 is 0. The Hall–Kier alpha value is -3.22. The lowest BCUT2D eigenvalue weighted by molar-refractivity contribution is -0.139. The molecule has 2 aromatic rings. The molecule has 1 aromatic carbocycles. The van der Waals surface area contributed by atoms with E-state index in [4.69, 9.17) is 0 Å². The molecular weight excluding hydrogens is 368 g/mol. The van der Waals surface area contributed by atoms with Gasteiger partial charge in [0.05, 0.1) is 0 Å². The highest BCUT2D eigenvalue weighted by Gasteiger charge is 2.24. The average Bonchev–Trinajstić information content (AvgIpc) is 2.77. The van der Waals surface area contributed by atoms with Crippen LogP contribution in [-0.4, -0.2) is 47.2 Å². The number of rotatable bonds is 5. The third-order valence-corrected chi connectivity index (χ3v) is 5.16. The van der Waals surface area contributed by atoms with Crippen molar-refractivity contribution in [3.05, 3.63) is 65.5 Å². The second-order valence-corrected chi connectivity index (χ2v) is 7.35. The van der Waals surface area contributed by atoms with Crippen LogP contribution in [0.15, 0.2) is 48.8 Å². The van der Waals surface area contributed by atoms with Crippen LogP contribution >= 0.6 is 0 Å². The van der Waals surface area contributed by atoms with Crippen molar-refractivity contribution < 1.29 is 14.4 Å². The molecule has 0 atom stereocenters. The number of benzene rings is 1. The van der Waals surface area contributed by atoms with Crippen LogP contribution in [0.5, 0.6) is 0 Å². The first-order chi connectivity index (χ1) is 14.0. The molecule has 0 radical (unpaired) electrons. The van der Waals surface area contributed by atoms with Gasteiger partial charge in [-0.3, -0.25) is 19.4 Å². The number of nitrogens with zero attached hydrogens (tertiary/aromatic N) is 2. The highest BCUT2D eigenvalue weighted by Crippen LogP contribution is 2.18. The largest absolute Gasteiger partial charge is 0.348 e. The number of nitrogens with one attached hydrogen (secondary N) is 2. The van der Waals surface area contributed by atoms with E-state index in [-0.39, 0.29) is 11.8 Å². The van der Waals surface area contributed by atoms with E-state index in [1.165, 1.54) is 0 Å². The van der Waals surface area contributed by atoms with Gasteiger partial charge in [-0.15, -0.1) is 0 Å². The van der Waals surface area contributed by atoms with Gasteiger partial charge in [-0.05, 0) is 43.4 Å². The van der Waals surface area contributed by atoms with Gasteiger partial charge in [-0.2, -0.15) is 0 Å². The number of aryl methyl sites for hydroxylation is 1. The zero-order valence-electron chi connectivity index (χ0n) is 16.6. The maximum absolute atomic E-state index is 12.4. The Labute approximate surface area is 170 Å². The van der Waals surface area contributed by atoms with Gasteiger partial charge in [0.25, 0.3) is 5.91 Å². The Morgan fingerprint density at radius 2 is 1.59 bits per heavy atom. The quantitative estimate of drug-likeness (QED) is 0.755. The van der Waals surface area contributed by atoms with E-state index in [0.29, 0.717) is 31.7 Å². The lowest BCUT2D eigenvalue weighted by Gasteiger charge is -2.32. The number of piperidine rings is 1. The van der Waals surface area contributed by atoms with Gasteiger partial charge in [0, 0.05) is 44.1 Å². The summed E-state index contributed by atoms with van der Waals surface area (Å²) in [5.74, 6) is -0.987. The molecule has 0 aliphatic carbocycles. The SMILES string of the molecule is Cc1ccc(CNC(=O)C(=O)NCC2CCN(C(=O)c3ccncc3)CC2)cc1. The Bertz CT molecular complexity index is 844. The van der Waals surface area contributed by atoms with Crippen molar-refractivity contribution >= 4 is 17.7 Å². The summed E-state index contributed by atoms with van der Waals surface area (Å²) in [4.78, 5) is 42.2. The van der Waals surface area contributed by atoms with E-state index in [9.17, 15) is 14.4 Å². The Kier molecular flexibility index (Phi) is 6.94. The van der Waals surface area contributed by atoms with Crippen LogP contribution in [0.3, 0.4) is 0 Å². The topological polar surface area (TPSA) is 91.4 Å². The number of carbonyl (C=O) groups excluding carboxylic acids is 3. The van der Waals surface area contributed by atoms with Crippen LogP contribution < -0.4 is 10.6 Å². The van der Waals surface area contributed by atoms with Crippen molar-refractivity contribution in [2.45, 2.75) is 26.3 Å². The summed E-state index contributed by atoms with van der Waals surface area (Å²) in [5, 5.41) is 5.35. The van der Waals surface area contributed by atoms with Crippen LogP contribution in [-0.2, 0) is 16.1 Å². The predicted octanol–water partition coefficient (Wildman–Crippen LogP) is 1.67. The molecule has 3 rings (SSSR count). The monoisotopic (exact) mass is 394 g/mol. The van der Waals surface area contributed by atoms with Gasteiger partial charge in [0.1, 0.15) is 0 Å². The fraction of sp³-hybridized carbons (Fsp3) is 0.364. The van der Waals surface area contributed by atoms with Crippen LogP contribution in [0.4, 0.5) is 0 Å². The number of aromatic nitrogens is 1. The van der Waals surface area contributed by atoms with E-state index in [0.717, 1.165) is 24.0 Å². The fourth-order valence-corrected chi connectivity index (χ4v) is 3.30. The van der Waals surface area contributed by atoms with Gasteiger partial charge >= 0.3 is 11.8 Å². The second kappa shape index (κ2) is 9.82. The van der Waals surface area contributed by atoms with Crippen LogP contribution in [0.2, 0.25) is 0 Å². The van der Waals surface area contributed by atoms with Crippen LogP contribution in [0, 0.1) is 12.8 Å². The molecule has 0 unspecified atom stereocenters. The molecule has 152 valence electrons. The third kappa shape index (κ3) is 5.88. The molecule has 1 saturated heterocycles. The van der Waals surface area contributed by atoms with E-state index in [2.05, 4.69) is 15.6 Å². The maximum atomic E-state index is 12.4. The van der Waals surface area contributed by atoms with E-state index < -0.39 is 11.8 Å². The molecule has 3 amide bonds. The standard InChI is InChI=1S/C22H26N4O3/c1-16-2-4-17(5-3-16)14-24-20(27)21(28)25-15-18-8-12-26(13-9-18)22(29)19-6-10-23-11-7-19/h2-7,10-11,18H,8-9,12-15H2,1H3,(H,24,27)(H,25,28). The highest BCUT2D eigenvalue weighted by molar-refractivity contribution is 6.35. The summed E-state index contributed by atoms with van der Waals surface area (Å²) >= 11 is 0. The minimum Gasteiger partial charge on any atom is -0.348 e. The molecule has 0 spiro atoms. The van der Waals surface area contributed by atoms with Gasteiger partial charge in [0.2, 0.25) is 0 Å². The molecule has 1 fully saturated rings. The molecule has 7 nitrogen and oxygen atoms in total. The molecule has 1 aliphatic rings. The molecular formula is C22H26N4O3. The smallest absolute Gasteiger partial charge is 0.309 e. The Morgan fingerprint density at radius 3 is 2.24 bits per heavy atom. The normalized spacial score (nSPS) is 14.3. The molecule has 1 aromatic heterocycles. The van der Waals surface area contributed by atoms with E-state index >= 15 is 0 Å². The average molecular weight is 394 g/mol. The first-order valence-electron chi connectivity index (χ1n) is 9.84. The first kappa shape index (κ1) is 20.5. The number of hydrogen-bond acceptors (Lipinski definition) is 4. The zero-order chi connectivity index (χ0) is 20.6. The minimum absolute atomic E-state index is 0.00497. The lowest BCUT2D eigenvalue weighted by atomic mass is 9.96. The number of likely N-dealkylation sites (tertiary alicyclic amines) is 1. The predicted molar refractivity (Wildman–Crippen MR) is 109 cm³/mol. The molecule has 2 heterocycles. The van der Waals surface area contributed by atoms with Gasteiger partial charge < -0.3 is 15.5 Å². The summed E-state index contributed by atoms with van der Waals surface area (Å²) in [6.07, 6.45) is 4.81. The Balaban J connectivity index is 1.37. The summed E-state index contributed by atoms with van der Waals surface area (Å²) in [6, 6.07) is 11.2. The molecule has 29 heavy (non-hydrogen) atoms. The number of hydrogen-bond donors (Lipinski definition) is 2. The molecule has 0 bridgehead atoms. The van der Waals surface area contributed by atoms with Crippen LogP contribution in [0.1, 0.15) is 34.3 Å². The number of pyridine rings is 1. The van der Waals surface area contributed by atoms with Crippen molar-refractivity contribution in [2.24, 2.45) is 5.92 Å². The number of amides is 3. The van der Waals surface area contributed by atoms with Gasteiger partial charge in [-0.25, -0.2) is 0 Å². The molecule has 2 N–H and O–H groups in total. The highest BCUT2D eigenvalue weighted by atomic mass is 16.2. The van der Waals surface area contributed by atoms with Crippen LogP contribution in [0.25, 0.3) is 0 Å². The van der Waals surface area contributed by atoms with Gasteiger partial charge in [0.15, 0.2) is 0 Å². The van der Waals surface area contributed by atoms with Crippen molar-refractivity contribution in [3.8, 4) is 0 Å². The summed E-state index contributed by atoms with van der Waals surface area (Å²) in [6.45, 7) is 4.04. The minimum atomic E-state index is -0.629. The second-order valence-electron chi connectivity index (χ2n) is 7.35. The van der Waals surface area contributed by atoms with Crippen molar-refractivity contribution in [1.82, 2.24) is 20.5 Å². The molecule has 0 saturated carbocycles. The van der Waals surface area contributed by atoms with E-state index in [1.54, 1.807) is 24.5 Å². The van der Waals surface area contributed by atoms with Gasteiger partial charge in [-0.1, -0.05) is 29.8 Å². The fourth-order valence-electron chi connectivity index (χ4n) is 3.30. The Morgan fingerprint density at radius 1 is 0.966 bits per heavy atom. The molecule has 7 heteroatoms. The van der Waals surface area contributed by atoms with Crippen molar-refractivity contribution in [2.75, 3.05) is 19.6 Å². The zero-order valence-corrected chi connectivity index (χ0v) is 16.6. The van der Waals surface area contributed by atoms with E-state index in [1.807, 2.05) is 36.1 Å². The third-order valence-electron chi connectivity index (χ3n) is 5.16. The number of carbonyl (C=O) groups is 3. The summed E-state index contributed by atoms with van der Waals surface area (Å²) in [7, 11) is 0. The van der Waals surface area contributed by atoms with Crippen molar-refractivity contribution in [3.63, 3.8) is 0 Å².